The Balaban J connectivity index is 1.73. The molecule has 0 saturated heterocycles. The summed E-state index contributed by atoms with van der Waals surface area (Å²) in [6, 6.07) is 11.5. The van der Waals surface area contributed by atoms with Crippen LogP contribution in [0.15, 0.2) is 52.7 Å². The van der Waals surface area contributed by atoms with Crippen LogP contribution < -0.4 is 14.8 Å². The molecular weight excluding hydrogens is 603 g/mol. The first-order valence-electron chi connectivity index (χ1n) is 13.3. The van der Waals surface area contributed by atoms with E-state index in [2.05, 4.69) is 10.3 Å². The Morgan fingerprint density at radius 1 is 1.07 bits per heavy atom. The van der Waals surface area contributed by atoms with Crippen LogP contribution in [0.3, 0.4) is 0 Å². The average Bonchev–Trinajstić information content (AvgIpc) is 3.34. The quantitative estimate of drug-likeness (QED) is 0.186. The maximum Gasteiger partial charge on any atom is 0.336 e. The smallest absolute Gasteiger partial charge is 0.336 e. The Kier molecular flexibility index (Phi) is 12.5. The lowest BCUT2D eigenvalue weighted by Crippen LogP contribution is -2.19. The van der Waals surface area contributed by atoms with Crippen molar-refractivity contribution in [1.29, 1.82) is 0 Å². The molecule has 1 heterocycles. The molecule has 0 aliphatic rings. The van der Waals surface area contributed by atoms with Crippen molar-refractivity contribution in [2.24, 2.45) is 0 Å². The van der Waals surface area contributed by atoms with E-state index < -0.39 is 23.3 Å². The Hall–Kier alpha value is -2.80. The molecule has 14 heteroatoms. The summed E-state index contributed by atoms with van der Waals surface area (Å²) in [5.41, 5.74) is 1.68. The van der Waals surface area contributed by atoms with Crippen molar-refractivity contribution in [2.75, 3.05) is 45.1 Å². The largest absolute Gasteiger partial charge is 0.493 e. The van der Waals surface area contributed by atoms with E-state index in [4.69, 9.17) is 23.3 Å². The van der Waals surface area contributed by atoms with Crippen molar-refractivity contribution < 1.29 is 41.0 Å². The maximum atomic E-state index is 13.2. The molecule has 230 valence electrons. The normalized spacial score (nSPS) is 12.6. The second-order valence-electron chi connectivity index (χ2n) is 9.29. The van der Waals surface area contributed by atoms with Gasteiger partial charge in [-0.2, -0.15) is 0 Å². The number of sulfone groups is 1. The lowest BCUT2D eigenvalue weighted by atomic mass is 10.1. The van der Waals surface area contributed by atoms with Gasteiger partial charge in [0.1, 0.15) is 17.6 Å². The predicted octanol–water partition coefficient (Wildman–Crippen LogP) is 5.60. The summed E-state index contributed by atoms with van der Waals surface area (Å²) in [5.74, 6) is 0.415. The molecule has 1 aromatic heterocycles. The third kappa shape index (κ3) is 10.5. The number of ether oxygens (including phenoxy) is 3. The Morgan fingerprint density at radius 2 is 1.74 bits per heavy atom. The molecule has 0 bridgehead atoms. The number of benzene rings is 2. The summed E-state index contributed by atoms with van der Waals surface area (Å²) < 4.78 is 64.0. The zero-order valence-electron chi connectivity index (χ0n) is 24.3. The molecule has 1 atom stereocenters. The van der Waals surface area contributed by atoms with Crippen LogP contribution in [-0.4, -0.2) is 65.2 Å². The minimum Gasteiger partial charge on any atom is -0.493 e. The summed E-state index contributed by atoms with van der Waals surface area (Å²) in [6.45, 7) is 6.44. The molecule has 0 aliphatic carbocycles. The molecule has 0 aliphatic heterocycles. The van der Waals surface area contributed by atoms with Gasteiger partial charge in [0.05, 0.1) is 43.2 Å². The van der Waals surface area contributed by atoms with Crippen LogP contribution in [0.25, 0.3) is 0 Å². The van der Waals surface area contributed by atoms with Crippen LogP contribution >= 0.6 is 18.9 Å². The topological polar surface area (TPSA) is 139 Å². The second-order valence-corrected chi connectivity index (χ2v) is 14.2. The van der Waals surface area contributed by atoms with Gasteiger partial charge in [0, 0.05) is 36.8 Å². The van der Waals surface area contributed by atoms with Crippen molar-refractivity contribution in [2.45, 2.75) is 44.4 Å². The van der Waals surface area contributed by atoms with Crippen molar-refractivity contribution in [1.82, 2.24) is 4.98 Å². The number of nitrogens with zero attached hydrogens (tertiary/aromatic N) is 1. The van der Waals surface area contributed by atoms with Crippen LogP contribution in [0.5, 0.6) is 11.5 Å². The number of nitrogens with one attached hydrogen (secondary N) is 1. The van der Waals surface area contributed by atoms with Gasteiger partial charge in [-0.25, -0.2) is 13.4 Å². The van der Waals surface area contributed by atoms with Crippen LogP contribution in [0.4, 0.5) is 5.13 Å². The minimum absolute atomic E-state index is 0.00324. The van der Waals surface area contributed by atoms with Gasteiger partial charge in [-0.1, -0.05) is 12.1 Å². The number of amides is 1. The predicted molar refractivity (Wildman–Crippen MR) is 162 cm³/mol. The van der Waals surface area contributed by atoms with Gasteiger partial charge in [-0.05, 0) is 50.6 Å². The number of thiazole rings is 1. The van der Waals surface area contributed by atoms with Crippen LogP contribution in [0.1, 0.15) is 42.4 Å². The highest BCUT2D eigenvalue weighted by atomic mass is 32.2. The number of methoxy groups -OCH3 is 1. The summed E-state index contributed by atoms with van der Waals surface area (Å²) >= 11 is 1.20. The van der Waals surface area contributed by atoms with Gasteiger partial charge in [-0.15, -0.1) is 11.3 Å². The van der Waals surface area contributed by atoms with Gasteiger partial charge < -0.3 is 23.3 Å². The molecule has 0 spiro atoms. The molecule has 1 N–H and O–H groups in total. The Labute approximate surface area is 251 Å². The molecule has 0 unspecified atom stereocenters. The third-order valence-electron chi connectivity index (χ3n) is 5.67. The molecule has 3 aromatic rings. The van der Waals surface area contributed by atoms with Crippen molar-refractivity contribution in [3.05, 3.63) is 64.7 Å². The zero-order valence-corrected chi connectivity index (χ0v) is 26.9. The Morgan fingerprint density at radius 3 is 2.36 bits per heavy atom. The fourth-order valence-electron chi connectivity index (χ4n) is 3.87. The zero-order chi connectivity index (χ0) is 30.8. The van der Waals surface area contributed by atoms with Crippen molar-refractivity contribution in [3.63, 3.8) is 0 Å². The molecule has 0 saturated carbocycles. The summed E-state index contributed by atoms with van der Waals surface area (Å²) in [4.78, 5) is 17.8. The van der Waals surface area contributed by atoms with E-state index in [1.54, 1.807) is 68.8 Å². The fourth-order valence-corrected chi connectivity index (χ4v) is 6.93. The number of rotatable bonds is 17. The van der Waals surface area contributed by atoms with Gasteiger partial charge >= 0.3 is 7.60 Å². The number of carbonyl (C=O) groups excluding carboxylic acids is 1. The summed E-state index contributed by atoms with van der Waals surface area (Å²) in [7, 11) is -5.03. The van der Waals surface area contributed by atoms with E-state index in [0.29, 0.717) is 35.4 Å². The molecule has 11 nitrogen and oxygen atoms in total. The number of anilines is 1. The molecule has 42 heavy (non-hydrogen) atoms. The van der Waals surface area contributed by atoms with Gasteiger partial charge in [0.15, 0.2) is 15.0 Å². The molecule has 3 rings (SSSR count). The molecule has 0 fully saturated rings. The van der Waals surface area contributed by atoms with E-state index in [1.165, 1.54) is 11.3 Å². The van der Waals surface area contributed by atoms with E-state index in [9.17, 15) is 17.8 Å². The second kappa shape index (κ2) is 15.6. The first-order valence-corrected chi connectivity index (χ1v) is 17.8. The van der Waals surface area contributed by atoms with Crippen molar-refractivity contribution in [3.8, 4) is 11.5 Å². The third-order valence-corrected chi connectivity index (χ3v) is 9.62. The van der Waals surface area contributed by atoms with E-state index in [-0.39, 0.29) is 42.5 Å². The summed E-state index contributed by atoms with van der Waals surface area (Å²) in [5, 5.41) is 4.80. The minimum atomic E-state index is -3.33. The number of hydrogen-bond donors (Lipinski definition) is 1. The maximum absolute atomic E-state index is 13.2. The van der Waals surface area contributed by atoms with Gasteiger partial charge in [0.25, 0.3) is 5.91 Å². The summed E-state index contributed by atoms with van der Waals surface area (Å²) in [6.07, 6.45) is 1.41. The average molecular weight is 641 g/mol. The standard InChI is InChI=1S/C28H37N2O9PS2/c1-6-37-40(32,38-7-2)18-23-19-41-28(29-23)30-27(31)22-14-24(16-25(15-22)39-20(3)17-35-4)36-13-12-21-8-10-26(11-9-21)42(5,33)34/h8-11,14-16,19-20H,6-7,12-13,17-18H2,1-5H3,(H,29,30,31)/t20-/m0/s1. The van der Waals surface area contributed by atoms with Crippen molar-refractivity contribution >= 4 is 39.8 Å². The van der Waals surface area contributed by atoms with Crippen LogP contribution in [0, 0.1) is 0 Å². The lowest BCUT2D eigenvalue weighted by molar-refractivity contribution is 0.0914. The SMILES string of the molecule is CCOP(=O)(Cc1csc(NC(=O)c2cc(OCCc3ccc(S(C)(=O)=O)cc3)cc(O[C@@H](C)COC)c2)n1)OCC. The van der Waals surface area contributed by atoms with Crippen LogP contribution in [0.2, 0.25) is 0 Å². The fraction of sp³-hybridized carbons (Fsp3) is 0.429. The first-order chi connectivity index (χ1) is 19.9. The van der Waals surface area contributed by atoms with E-state index >= 15 is 0 Å². The monoisotopic (exact) mass is 640 g/mol. The molecule has 0 radical (unpaired) electrons. The van der Waals surface area contributed by atoms with E-state index in [1.807, 2.05) is 6.92 Å². The van der Waals surface area contributed by atoms with Gasteiger partial charge in [-0.3, -0.25) is 14.7 Å². The Bertz CT molecular complexity index is 1470. The lowest BCUT2D eigenvalue weighted by Gasteiger charge is -2.16. The highest BCUT2D eigenvalue weighted by molar-refractivity contribution is 7.90. The first kappa shape index (κ1) is 33.7. The number of carbonyl (C=O) groups is 1. The highest BCUT2D eigenvalue weighted by Gasteiger charge is 2.26. The molecule has 2 aromatic carbocycles. The molecule has 1 amide bonds. The number of aromatic nitrogens is 1. The highest BCUT2D eigenvalue weighted by Crippen LogP contribution is 2.51. The van der Waals surface area contributed by atoms with Crippen LogP contribution in [-0.2, 0) is 40.8 Å². The van der Waals surface area contributed by atoms with E-state index in [0.717, 1.165) is 11.8 Å². The molecular formula is C28H37N2O9PS2. The van der Waals surface area contributed by atoms with Gasteiger partial charge in [0.2, 0.25) is 0 Å². The number of hydrogen-bond acceptors (Lipinski definition) is 11.